The Hall–Kier alpha value is -1.55. The maximum absolute atomic E-state index is 11.2. The van der Waals surface area contributed by atoms with Gasteiger partial charge in [-0.2, -0.15) is 0 Å². The number of rotatable bonds is 5. The first-order valence-corrected chi connectivity index (χ1v) is 5.62. The van der Waals surface area contributed by atoms with Gasteiger partial charge in [-0.05, 0) is 38.0 Å². The molecule has 0 aliphatic heterocycles. The molecule has 0 spiro atoms. The number of hydrogen-bond acceptors (Lipinski definition) is 4. The molecule has 0 radical (unpaired) electrons. The number of nitrogens with two attached hydrogens (primary N) is 1. The Morgan fingerprint density at radius 2 is 2.12 bits per heavy atom. The summed E-state index contributed by atoms with van der Waals surface area (Å²) in [6, 6.07) is 6.94. The smallest absolute Gasteiger partial charge is 0.322 e. The van der Waals surface area contributed by atoms with Gasteiger partial charge in [-0.25, -0.2) is 0 Å². The number of esters is 1. The molecule has 1 aromatic rings. The maximum atomic E-state index is 11.2. The number of ether oxygens (including phenoxy) is 2. The standard InChI is InChI=1S/C13H19NO3/c1-9(2)17-11-6-4-5-10(7-11)8-12(14)13(15)16-3/h4-7,9,12H,8,14H2,1-3H3. The molecule has 1 rings (SSSR count). The quantitative estimate of drug-likeness (QED) is 0.789. The number of benzene rings is 1. The zero-order valence-electron chi connectivity index (χ0n) is 10.5. The maximum Gasteiger partial charge on any atom is 0.322 e. The Kier molecular flexibility index (Phi) is 4.97. The second-order valence-electron chi connectivity index (χ2n) is 4.15. The van der Waals surface area contributed by atoms with Crippen LogP contribution in [0.3, 0.4) is 0 Å². The molecule has 0 aliphatic carbocycles. The summed E-state index contributed by atoms with van der Waals surface area (Å²) in [4.78, 5) is 11.2. The van der Waals surface area contributed by atoms with E-state index in [1.807, 2.05) is 38.1 Å². The van der Waals surface area contributed by atoms with Crippen molar-refractivity contribution in [2.24, 2.45) is 5.73 Å². The molecule has 94 valence electrons. The van der Waals surface area contributed by atoms with Crippen molar-refractivity contribution in [3.8, 4) is 5.75 Å². The lowest BCUT2D eigenvalue weighted by molar-refractivity contribution is -0.142. The van der Waals surface area contributed by atoms with Gasteiger partial charge in [-0.3, -0.25) is 4.79 Å². The van der Waals surface area contributed by atoms with Crippen LogP contribution in [-0.4, -0.2) is 25.2 Å². The van der Waals surface area contributed by atoms with Gasteiger partial charge in [0.15, 0.2) is 0 Å². The minimum absolute atomic E-state index is 0.125. The number of carbonyl (C=O) groups excluding carboxylic acids is 1. The first-order chi connectivity index (χ1) is 8.02. The largest absolute Gasteiger partial charge is 0.491 e. The lowest BCUT2D eigenvalue weighted by Gasteiger charge is -2.12. The Labute approximate surface area is 102 Å². The van der Waals surface area contributed by atoms with Crippen molar-refractivity contribution in [3.63, 3.8) is 0 Å². The van der Waals surface area contributed by atoms with Crippen molar-refractivity contribution in [3.05, 3.63) is 29.8 Å². The van der Waals surface area contributed by atoms with Gasteiger partial charge >= 0.3 is 5.97 Å². The van der Waals surface area contributed by atoms with E-state index >= 15 is 0 Å². The van der Waals surface area contributed by atoms with E-state index in [1.165, 1.54) is 7.11 Å². The molecule has 2 N–H and O–H groups in total. The van der Waals surface area contributed by atoms with Crippen LogP contribution >= 0.6 is 0 Å². The van der Waals surface area contributed by atoms with Crippen LogP contribution in [0.2, 0.25) is 0 Å². The minimum Gasteiger partial charge on any atom is -0.491 e. The fourth-order valence-corrected chi connectivity index (χ4v) is 1.51. The second-order valence-corrected chi connectivity index (χ2v) is 4.15. The van der Waals surface area contributed by atoms with Crippen molar-refractivity contribution < 1.29 is 14.3 Å². The highest BCUT2D eigenvalue weighted by Crippen LogP contribution is 2.16. The molecule has 0 fully saturated rings. The van der Waals surface area contributed by atoms with Crippen LogP contribution in [-0.2, 0) is 16.0 Å². The second kappa shape index (κ2) is 6.25. The van der Waals surface area contributed by atoms with E-state index in [9.17, 15) is 4.79 Å². The van der Waals surface area contributed by atoms with E-state index < -0.39 is 12.0 Å². The lowest BCUT2D eigenvalue weighted by Crippen LogP contribution is -2.33. The first-order valence-electron chi connectivity index (χ1n) is 5.62. The van der Waals surface area contributed by atoms with E-state index in [1.54, 1.807) is 0 Å². The van der Waals surface area contributed by atoms with Crippen molar-refractivity contribution in [2.75, 3.05) is 7.11 Å². The normalized spacial score (nSPS) is 12.3. The zero-order valence-corrected chi connectivity index (χ0v) is 10.5. The number of hydrogen-bond donors (Lipinski definition) is 1. The zero-order chi connectivity index (χ0) is 12.8. The molecule has 0 heterocycles. The highest BCUT2D eigenvalue weighted by atomic mass is 16.5. The van der Waals surface area contributed by atoms with Crippen LogP contribution in [0.1, 0.15) is 19.4 Å². The summed E-state index contributed by atoms with van der Waals surface area (Å²) in [6.45, 7) is 3.93. The molecule has 17 heavy (non-hydrogen) atoms. The van der Waals surface area contributed by atoms with E-state index in [0.717, 1.165) is 11.3 Å². The molecule has 0 saturated heterocycles. The van der Waals surface area contributed by atoms with Gasteiger partial charge in [0.25, 0.3) is 0 Å². The molecular weight excluding hydrogens is 218 g/mol. The third-order valence-electron chi connectivity index (χ3n) is 2.23. The van der Waals surface area contributed by atoms with Crippen LogP contribution in [0.15, 0.2) is 24.3 Å². The van der Waals surface area contributed by atoms with Crippen molar-refractivity contribution >= 4 is 5.97 Å². The van der Waals surface area contributed by atoms with E-state index in [4.69, 9.17) is 10.5 Å². The molecule has 0 aromatic heterocycles. The summed E-state index contributed by atoms with van der Waals surface area (Å²) >= 11 is 0. The molecule has 0 aliphatic rings. The van der Waals surface area contributed by atoms with Crippen molar-refractivity contribution in [1.82, 2.24) is 0 Å². The minimum atomic E-state index is -0.630. The predicted molar refractivity (Wildman–Crippen MR) is 65.9 cm³/mol. The van der Waals surface area contributed by atoms with Crippen LogP contribution < -0.4 is 10.5 Å². The van der Waals surface area contributed by atoms with Crippen molar-refractivity contribution in [1.29, 1.82) is 0 Å². The van der Waals surface area contributed by atoms with E-state index in [0.29, 0.717) is 6.42 Å². The summed E-state index contributed by atoms with van der Waals surface area (Å²) in [7, 11) is 1.33. The molecule has 1 atom stereocenters. The van der Waals surface area contributed by atoms with Gasteiger partial charge in [0.2, 0.25) is 0 Å². The topological polar surface area (TPSA) is 61.5 Å². The van der Waals surface area contributed by atoms with Crippen LogP contribution in [0.25, 0.3) is 0 Å². The summed E-state index contributed by atoms with van der Waals surface area (Å²) < 4.78 is 10.2. The van der Waals surface area contributed by atoms with Crippen LogP contribution in [0.4, 0.5) is 0 Å². The average Bonchev–Trinajstić information content (AvgIpc) is 2.27. The highest BCUT2D eigenvalue weighted by molar-refractivity contribution is 5.75. The number of carbonyl (C=O) groups is 1. The Bertz CT molecular complexity index is 377. The highest BCUT2D eigenvalue weighted by Gasteiger charge is 2.14. The van der Waals surface area contributed by atoms with Gasteiger partial charge in [-0.1, -0.05) is 12.1 Å². The molecule has 1 unspecified atom stereocenters. The predicted octanol–water partition coefficient (Wildman–Crippen LogP) is 1.52. The molecule has 0 bridgehead atoms. The molecule has 4 heteroatoms. The third kappa shape index (κ3) is 4.44. The summed E-state index contributed by atoms with van der Waals surface area (Å²) in [5.74, 6) is 0.384. The van der Waals surface area contributed by atoms with Crippen LogP contribution in [0.5, 0.6) is 5.75 Å². The van der Waals surface area contributed by atoms with Gasteiger partial charge in [0, 0.05) is 0 Å². The third-order valence-corrected chi connectivity index (χ3v) is 2.23. The molecular formula is C13H19NO3. The lowest BCUT2D eigenvalue weighted by atomic mass is 10.1. The Morgan fingerprint density at radius 3 is 2.71 bits per heavy atom. The van der Waals surface area contributed by atoms with Gasteiger partial charge in [0.1, 0.15) is 11.8 Å². The SMILES string of the molecule is COC(=O)C(N)Cc1cccc(OC(C)C)c1. The molecule has 0 saturated carbocycles. The van der Waals surface area contributed by atoms with E-state index in [2.05, 4.69) is 4.74 Å². The fourth-order valence-electron chi connectivity index (χ4n) is 1.51. The Morgan fingerprint density at radius 1 is 1.41 bits per heavy atom. The van der Waals surface area contributed by atoms with Crippen molar-refractivity contribution in [2.45, 2.75) is 32.4 Å². The Balaban J connectivity index is 2.68. The molecule has 0 amide bonds. The number of methoxy groups -OCH3 is 1. The summed E-state index contributed by atoms with van der Waals surface area (Å²) in [5, 5.41) is 0. The average molecular weight is 237 g/mol. The van der Waals surface area contributed by atoms with Gasteiger partial charge in [0.05, 0.1) is 13.2 Å². The fraction of sp³-hybridized carbons (Fsp3) is 0.462. The first kappa shape index (κ1) is 13.5. The van der Waals surface area contributed by atoms with E-state index in [-0.39, 0.29) is 6.10 Å². The summed E-state index contributed by atoms with van der Waals surface area (Å²) in [5.41, 5.74) is 6.66. The summed E-state index contributed by atoms with van der Waals surface area (Å²) in [6.07, 6.45) is 0.571. The van der Waals surface area contributed by atoms with Gasteiger partial charge < -0.3 is 15.2 Å². The molecule has 1 aromatic carbocycles. The van der Waals surface area contributed by atoms with Gasteiger partial charge in [-0.15, -0.1) is 0 Å². The monoisotopic (exact) mass is 237 g/mol. The molecule has 4 nitrogen and oxygen atoms in total. The van der Waals surface area contributed by atoms with Crippen LogP contribution in [0, 0.1) is 0 Å².